The van der Waals surface area contributed by atoms with E-state index >= 15 is 0 Å². The number of nitriles is 2. The Morgan fingerprint density at radius 2 is 2.12 bits per heavy atom. The molecule has 1 aromatic rings. The van der Waals surface area contributed by atoms with Crippen LogP contribution in [-0.4, -0.2) is 5.11 Å². The summed E-state index contributed by atoms with van der Waals surface area (Å²) in [5.74, 6) is 0.0867. The maximum absolute atomic E-state index is 9.53. The molecule has 0 saturated carbocycles. The van der Waals surface area contributed by atoms with Crippen molar-refractivity contribution in [3.8, 4) is 17.9 Å². The van der Waals surface area contributed by atoms with Crippen LogP contribution in [0.3, 0.4) is 0 Å². The molecule has 0 aliphatic heterocycles. The Labute approximate surface area is 94.1 Å². The lowest BCUT2D eigenvalue weighted by Crippen LogP contribution is -1.92. The highest BCUT2D eigenvalue weighted by Gasteiger charge is 2.00. The second kappa shape index (κ2) is 5.43. The molecule has 0 saturated heterocycles. The molecule has 0 amide bonds. The number of phenolic OH excluding ortho intramolecular Hbond substituents is 1. The predicted molar refractivity (Wildman–Crippen MR) is 60.4 cm³/mol. The van der Waals surface area contributed by atoms with E-state index in [4.69, 9.17) is 10.5 Å². The van der Waals surface area contributed by atoms with Crippen LogP contribution >= 0.6 is 0 Å². The number of benzene rings is 1. The topological polar surface area (TPSA) is 79.8 Å². The normalized spacial score (nSPS) is 8.69. The molecule has 0 unspecified atom stereocenters. The molecule has 2 N–H and O–H groups in total. The number of allylic oxidation sites excluding steroid dienone is 1. The summed E-state index contributed by atoms with van der Waals surface area (Å²) in [7, 11) is 0. The fourth-order valence-electron chi connectivity index (χ4n) is 1.16. The molecule has 0 fully saturated rings. The van der Waals surface area contributed by atoms with Gasteiger partial charge in [0.2, 0.25) is 0 Å². The fourth-order valence-corrected chi connectivity index (χ4v) is 1.16. The summed E-state index contributed by atoms with van der Waals surface area (Å²) < 4.78 is 0. The quantitative estimate of drug-likeness (QED) is 0.596. The SMILES string of the molecule is CCc1ccc(O)c(NC=C(C#N)C#N)c1. The molecule has 16 heavy (non-hydrogen) atoms. The van der Waals surface area contributed by atoms with Crippen molar-refractivity contribution in [3.05, 3.63) is 35.5 Å². The molecular weight excluding hydrogens is 202 g/mol. The van der Waals surface area contributed by atoms with Crippen LogP contribution in [-0.2, 0) is 6.42 Å². The van der Waals surface area contributed by atoms with E-state index < -0.39 is 0 Å². The minimum atomic E-state index is -0.0405. The average molecular weight is 213 g/mol. The Bertz CT molecular complexity index is 476. The summed E-state index contributed by atoms with van der Waals surface area (Å²) in [6, 6.07) is 8.62. The van der Waals surface area contributed by atoms with Gasteiger partial charge in [-0.2, -0.15) is 10.5 Å². The van der Waals surface area contributed by atoms with Crippen LogP contribution in [0.5, 0.6) is 5.75 Å². The van der Waals surface area contributed by atoms with Crippen molar-refractivity contribution in [2.24, 2.45) is 0 Å². The van der Waals surface area contributed by atoms with Crippen molar-refractivity contribution < 1.29 is 5.11 Å². The van der Waals surface area contributed by atoms with Gasteiger partial charge in [0.15, 0.2) is 0 Å². The second-order valence-corrected chi connectivity index (χ2v) is 3.13. The fraction of sp³-hybridized carbons (Fsp3) is 0.167. The molecule has 4 heteroatoms. The third-order valence-corrected chi connectivity index (χ3v) is 2.08. The zero-order chi connectivity index (χ0) is 12.0. The first-order valence-electron chi connectivity index (χ1n) is 4.80. The van der Waals surface area contributed by atoms with Gasteiger partial charge in [-0.3, -0.25) is 0 Å². The minimum absolute atomic E-state index is 0.0405. The Balaban J connectivity index is 2.94. The lowest BCUT2D eigenvalue weighted by atomic mass is 10.1. The monoisotopic (exact) mass is 213 g/mol. The van der Waals surface area contributed by atoms with Gasteiger partial charge in [0.05, 0.1) is 5.69 Å². The van der Waals surface area contributed by atoms with Crippen molar-refractivity contribution in [2.45, 2.75) is 13.3 Å². The van der Waals surface area contributed by atoms with Crippen LogP contribution in [0, 0.1) is 22.7 Å². The number of hydrogen-bond donors (Lipinski definition) is 2. The lowest BCUT2D eigenvalue weighted by Gasteiger charge is -2.05. The smallest absolute Gasteiger partial charge is 0.145 e. The largest absolute Gasteiger partial charge is 0.506 e. The van der Waals surface area contributed by atoms with Gasteiger partial charge in [-0.15, -0.1) is 0 Å². The maximum Gasteiger partial charge on any atom is 0.145 e. The third-order valence-electron chi connectivity index (χ3n) is 2.08. The highest BCUT2D eigenvalue weighted by atomic mass is 16.3. The minimum Gasteiger partial charge on any atom is -0.506 e. The van der Waals surface area contributed by atoms with E-state index in [1.807, 2.05) is 13.0 Å². The molecule has 0 spiro atoms. The number of phenols is 1. The van der Waals surface area contributed by atoms with E-state index in [1.54, 1.807) is 24.3 Å². The third kappa shape index (κ3) is 2.76. The Morgan fingerprint density at radius 1 is 1.44 bits per heavy atom. The Morgan fingerprint density at radius 3 is 2.69 bits per heavy atom. The van der Waals surface area contributed by atoms with Crippen molar-refractivity contribution in [1.82, 2.24) is 0 Å². The van der Waals surface area contributed by atoms with Crippen LogP contribution in [0.15, 0.2) is 30.0 Å². The molecule has 0 bridgehead atoms. The number of nitrogens with zero attached hydrogens (tertiary/aromatic N) is 2. The lowest BCUT2D eigenvalue weighted by molar-refractivity contribution is 0.477. The summed E-state index contributed by atoms with van der Waals surface area (Å²) in [6.07, 6.45) is 2.12. The van der Waals surface area contributed by atoms with Gasteiger partial charge in [-0.1, -0.05) is 13.0 Å². The summed E-state index contributed by atoms with van der Waals surface area (Å²) >= 11 is 0. The van der Waals surface area contributed by atoms with Crippen molar-refractivity contribution in [3.63, 3.8) is 0 Å². The number of aryl methyl sites for hydroxylation is 1. The Hall–Kier alpha value is -2.46. The molecule has 0 radical (unpaired) electrons. The van der Waals surface area contributed by atoms with Crippen LogP contribution in [0.25, 0.3) is 0 Å². The van der Waals surface area contributed by atoms with E-state index in [2.05, 4.69) is 5.32 Å². The molecule has 0 aliphatic rings. The summed E-state index contributed by atoms with van der Waals surface area (Å²) in [5.41, 5.74) is 1.51. The molecule has 0 aromatic heterocycles. The zero-order valence-corrected chi connectivity index (χ0v) is 8.86. The van der Waals surface area contributed by atoms with Crippen molar-refractivity contribution >= 4 is 5.69 Å². The second-order valence-electron chi connectivity index (χ2n) is 3.13. The predicted octanol–water partition coefficient (Wildman–Crippen LogP) is 2.30. The van der Waals surface area contributed by atoms with Gasteiger partial charge >= 0.3 is 0 Å². The van der Waals surface area contributed by atoms with Gasteiger partial charge in [-0.25, -0.2) is 0 Å². The first kappa shape index (κ1) is 11.6. The zero-order valence-electron chi connectivity index (χ0n) is 8.86. The number of nitrogens with one attached hydrogen (secondary N) is 1. The van der Waals surface area contributed by atoms with Crippen LogP contribution in [0.2, 0.25) is 0 Å². The number of anilines is 1. The highest BCUT2D eigenvalue weighted by Crippen LogP contribution is 2.24. The van der Waals surface area contributed by atoms with Gasteiger partial charge in [0.1, 0.15) is 23.5 Å². The molecule has 1 aromatic carbocycles. The number of aromatic hydroxyl groups is 1. The molecular formula is C12H11N3O. The van der Waals surface area contributed by atoms with Gasteiger partial charge in [0.25, 0.3) is 0 Å². The molecule has 4 nitrogen and oxygen atoms in total. The summed E-state index contributed by atoms with van der Waals surface area (Å²) in [4.78, 5) is 0. The van der Waals surface area contributed by atoms with Gasteiger partial charge < -0.3 is 10.4 Å². The summed E-state index contributed by atoms with van der Waals surface area (Å²) in [6.45, 7) is 2.00. The number of rotatable bonds is 3. The van der Waals surface area contributed by atoms with Crippen LogP contribution < -0.4 is 5.32 Å². The first-order chi connectivity index (χ1) is 7.71. The van der Waals surface area contributed by atoms with E-state index in [1.165, 1.54) is 6.20 Å². The molecule has 0 aliphatic carbocycles. The van der Waals surface area contributed by atoms with E-state index in [0.717, 1.165) is 12.0 Å². The van der Waals surface area contributed by atoms with Crippen LogP contribution in [0.4, 0.5) is 5.69 Å². The molecule has 0 heterocycles. The van der Waals surface area contributed by atoms with Gasteiger partial charge in [-0.05, 0) is 24.1 Å². The van der Waals surface area contributed by atoms with Crippen LogP contribution in [0.1, 0.15) is 12.5 Å². The van der Waals surface area contributed by atoms with E-state index in [9.17, 15) is 5.11 Å². The average Bonchev–Trinajstić information content (AvgIpc) is 2.32. The van der Waals surface area contributed by atoms with Crippen molar-refractivity contribution in [2.75, 3.05) is 5.32 Å². The van der Waals surface area contributed by atoms with E-state index in [-0.39, 0.29) is 11.3 Å². The molecule has 1 rings (SSSR count). The molecule has 80 valence electrons. The standard InChI is InChI=1S/C12H11N3O/c1-2-9-3-4-12(16)11(5-9)15-8-10(6-13)7-14/h3-5,8,15-16H,2H2,1H3. The van der Waals surface area contributed by atoms with E-state index in [0.29, 0.717) is 5.69 Å². The van der Waals surface area contributed by atoms with Crippen molar-refractivity contribution in [1.29, 1.82) is 10.5 Å². The highest BCUT2D eigenvalue weighted by molar-refractivity contribution is 5.60. The molecule has 0 atom stereocenters. The summed E-state index contributed by atoms with van der Waals surface area (Å²) in [5, 5.41) is 29.3. The van der Waals surface area contributed by atoms with Gasteiger partial charge in [0, 0.05) is 6.20 Å². The Kier molecular flexibility index (Phi) is 3.94. The number of hydrogen-bond acceptors (Lipinski definition) is 4. The first-order valence-corrected chi connectivity index (χ1v) is 4.80. The maximum atomic E-state index is 9.53.